The molecule has 0 amide bonds. The molecule has 17 heavy (non-hydrogen) atoms. The van der Waals surface area contributed by atoms with Crippen LogP contribution in [0.5, 0.6) is 0 Å². The third kappa shape index (κ3) is 2.89. The molecule has 0 radical (unpaired) electrons. The lowest BCUT2D eigenvalue weighted by Gasteiger charge is -1.91. The number of aromatic nitrogens is 3. The van der Waals surface area contributed by atoms with Gasteiger partial charge in [0, 0.05) is 13.2 Å². The quantitative estimate of drug-likeness (QED) is 0.802. The Labute approximate surface area is 98.1 Å². The minimum absolute atomic E-state index is 0.351. The van der Waals surface area contributed by atoms with Crippen LogP contribution in [0.2, 0.25) is 0 Å². The summed E-state index contributed by atoms with van der Waals surface area (Å²) in [7, 11) is 1.59. The van der Waals surface area contributed by atoms with Crippen LogP contribution in [0.4, 0.5) is 0 Å². The average Bonchev–Trinajstić information content (AvgIpc) is 2.95. The Morgan fingerprint density at radius 3 is 3.00 bits per heavy atom. The van der Waals surface area contributed by atoms with E-state index in [4.69, 9.17) is 13.8 Å². The smallest absolute Gasteiger partial charge is 0.280 e. The van der Waals surface area contributed by atoms with E-state index in [0.29, 0.717) is 36.3 Å². The Morgan fingerprint density at radius 1 is 1.35 bits per heavy atom. The average molecular weight is 238 g/mol. The predicted octanol–water partition coefficient (Wildman–Crippen LogP) is 0.980. The molecule has 0 aliphatic carbocycles. The Morgan fingerprint density at radius 2 is 2.24 bits per heavy atom. The van der Waals surface area contributed by atoms with Crippen LogP contribution in [0.25, 0.3) is 11.6 Å². The van der Waals surface area contributed by atoms with Crippen molar-refractivity contribution in [1.82, 2.24) is 20.6 Å². The van der Waals surface area contributed by atoms with Crippen LogP contribution in [-0.2, 0) is 17.9 Å². The van der Waals surface area contributed by atoms with Crippen molar-refractivity contribution in [1.29, 1.82) is 0 Å². The molecule has 92 valence electrons. The van der Waals surface area contributed by atoms with Crippen LogP contribution in [-0.4, -0.2) is 29.0 Å². The fraction of sp³-hybridized carbons (Fsp3) is 0.500. The van der Waals surface area contributed by atoms with Gasteiger partial charge in [-0.2, -0.15) is 4.98 Å². The minimum atomic E-state index is 0.351. The second-order valence-corrected chi connectivity index (χ2v) is 3.41. The molecule has 2 rings (SSSR count). The molecular formula is C10H14N4O3. The monoisotopic (exact) mass is 238 g/mol. The van der Waals surface area contributed by atoms with E-state index in [1.54, 1.807) is 13.2 Å². The maximum absolute atomic E-state index is 5.07. The highest BCUT2D eigenvalue weighted by atomic mass is 16.5. The van der Waals surface area contributed by atoms with E-state index >= 15 is 0 Å². The molecule has 2 aromatic heterocycles. The lowest BCUT2D eigenvalue weighted by atomic mass is 10.4. The Balaban J connectivity index is 2.07. The van der Waals surface area contributed by atoms with Crippen LogP contribution < -0.4 is 5.32 Å². The SMILES string of the molecule is CCNCc1noc(-c2cc(COC)on2)n1. The summed E-state index contributed by atoms with van der Waals surface area (Å²) in [5, 5.41) is 10.8. The first-order valence-corrected chi connectivity index (χ1v) is 5.31. The summed E-state index contributed by atoms with van der Waals surface area (Å²) in [6, 6.07) is 1.72. The molecule has 0 unspecified atom stereocenters. The van der Waals surface area contributed by atoms with E-state index in [1.807, 2.05) is 6.92 Å². The van der Waals surface area contributed by atoms with E-state index in [2.05, 4.69) is 20.6 Å². The van der Waals surface area contributed by atoms with E-state index in [0.717, 1.165) is 6.54 Å². The lowest BCUT2D eigenvalue weighted by molar-refractivity contribution is 0.156. The van der Waals surface area contributed by atoms with E-state index in [1.165, 1.54) is 0 Å². The highest BCUT2D eigenvalue weighted by Crippen LogP contribution is 2.17. The molecular weight excluding hydrogens is 224 g/mol. The van der Waals surface area contributed by atoms with Crippen molar-refractivity contribution in [2.24, 2.45) is 0 Å². The van der Waals surface area contributed by atoms with Gasteiger partial charge < -0.3 is 19.1 Å². The van der Waals surface area contributed by atoms with Crippen LogP contribution in [0, 0.1) is 0 Å². The number of hydrogen-bond donors (Lipinski definition) is 1. The van der Waals surface area contributed by atoms with Crippen molar-refractivity contribution < 1.29 is 13.8 Å². The lowest BCUT2D eigenvalue weighted by Crippen LogP contribution is -2.12. The largest absolute Gasteiger partial charge is 0.377 e. The Bertz CT molecular complexity index is 466. The second-order valence-electron chi connectivity index (χ2n) is 3.41. The first-order chi connectivity index (χ1) is 8.33. The molecule has 0 saturated carbocycles. The number of methoxy groups -OCH3 is 1. The van der Waals surface area contributed by atoms with Gasteiger partial charge in [-0.1, -0.05) is 17.2 Å². The van der Waals surface area contributed by atoms with Gasteiger partial charge in [0.05, 0.1) is 6.54 Å². The summed E-state index contributed by atoms with van der Waals surface area (Å²) in [6.45, 7) is 3.80. The van der Waals surface area contributed by atoms with Gasteiger partial charge in [-0.05, 0) is 6.54 Å². The molecule has 7 nitrogen and oxygen atoms in total. The van der Waals surface area contributed by atoms with Gasteiger partial charge in [0.2, 0.25) is 0 Å². The predicted molar refractivity (Wildman–Crippen MR) is 57.9 cm³/mol. The van der Waals surface area contributed by atoms with Crippen LogP contribution in [0.15, 0.2) is 15.1 Å². The number of ether oxygens (including phenoxy) is 1. The van der Waals surface area contributed by atoms with E-state index in [9.17, 15) is 0 Å². The molecule has 0 spiro atoms. The van der Waals surface area contributed by atoms with Crippen LogP contribution in [0.1, 0.15) is 18.5 Å². The third-order valence-corrected chi connectivity index (χ3v) is 2.07. The van der Waals surface area contributed by atoms with Crippen molar-refractivity contribution in [2.75, 3.05) is 13.7 Å². The van der Waals surface area contributed by atoms with E-state index in [-0.39, 0.29) is 0 Å². The molecule has 0 aliphatic heterocycles. The third-order valence-electron chi connectivity index (χ3n) is 2.07. The molecule has 0 fully saturated rings. The summed E-state index contributed by atoms with van der Waals surface area (Å²) < 4.78 is 15.0. The number of rotatable bonds is 6. The highest BCUT2D eigenvalue weighted by Gasteiger charge is 2.13. The number of nitrogens with one attached hydrogen (secondary N) is 1. The molecule has 0 aliphatic rings. The molecule has 0 saturated heterocycles. The Kier molecular flexibility index (Phi) is 3.84. The maximum Gasteiger partial charge on any atom is 0.280 e. The fourth-order valence-electron chi connectivity index (χ4n) is 1.29. The summed E-state index contributed by atoms with van der Waals surface area (Å²) >= 11 is 0. The normalized spacial score (nSPS) is 10.9. The van der Waals surface area contributed by atoms with Gasteiger partial charge in [0.25, 0.3) is 5.89 Å². The standard InChI is InChI=1S/C10H14N4O3/c1-3-11-5-9-12-10(17-14-9)8-4-7(6-15-2)16-13-8/h4,11H,3,5-6H2,1-2H3. The van der Waals surface area contributed by atoms with Crippen molar-refractivity contribution in [2.45, 2.75) is 20.1 Å². The zero-order valence-corrected chi connectivity index (χ0v) is 9.77. The van der Waals surface area contributed by atoms with Gasteiger partial charge in [0.1, 0.15) is 6.61 Å². The van der Waals surface area contributed by atoms with Gasteiger partial charge in [-0.25, -0.2) is 0 Å². The molecule has 7 heteroatoms. The summed E-state index contributed by atoms with van der Waals surface area (Å²) in [6.07, 6.45) is 0. The summed E-state index contributed by atoms with van der Waals surface area (Å²) in [5.41, 5.74) is 0.521. The first-order valence-electron chi connectivity index (χ1n) is 5.31. The molecule has 2 aromatic rings. The fourth-order valence-corrected chi connectivity index (χ4v) is 1.29. The molecule has 2 heterocycles. The van der Waals surface area contributed by atoms with Gasteiger partial charge in [-0.15, -0.1) is 0 Å². The summed E-state index contributed by atoms with van der Waals surface area (Å²) in [4.78, 5) is 4.19. The first kappa shape index (κ1) is 11.7. The molecule has 0 atom stereocenters. The zero-order chi connectivity index (χ0) is 12.1. The van der Waals surface area contributed by atoms with Crippen molar-refractivity contribution in [3.63, 3.8) is 0 Å². The zero-order valence-electron chi connectivity index (χ0n) is 9.77. The van der Waals surface area contributed by atoms with Crippen molar-refractivity contribution >= 4 is 0 Å². The topological polar surface area (TPSA) is 86.2 Å². The molecule has 1 N–H and O–H groups in total. The Hall–Kier alpha value is -1.73. The van der Waals surface area contributed by atoms with Crippen LogP contribution in [0.3, 0.4) is 0 Å². The summed E-state index contributed by atoms with van der Waals surface area (Å²) in [5.74, 6) is 1.57. The number of hydrogen-bond acceptors (Lipinski definition) is 7. The maximum atomic E-state index is 5.07. The van der Waals surface area contributed by atoms with Gasteiger partial charge in [-0.3, -0.25) is 0 Å². The highest BCUT2D eigenvalue weighted by molar-refractivity contribution is 5.45. The van der Waals surface area contributed by atoms with Crippen molar-refractivity contribution in [3.05, 3.63) is 17.7 Å². The van der Waals surface area contributed by atoms with Gasteiger partial charge >= 0.3 is 0 Å². The van der Waals surface area contributed by atoms with Gasteiger partial charge in [0.15, 0.2) is 17.3 Å². The second kappa shape index (κ2) is 5.55. The minimum Gasteiger partial charge on any atom is -0.377 e. The van der Waals surface area contributed by atoms with E-state index < -0.39 is 0 Å². The number of nitrogens with zero attached hydrogens (tertiary/aromatic N) is 3. The van der Waals surface area contributed by atoms with Crippen molar-refractivity contribution in [3.8, 4) is 11.6 Å². The molecule has 0 bridgehead atoms. The molecule has 0 aromatic carbocycles. The van der Waals surface area contributed by atoms with Crippen LogP contribution >= 0.6 is 0 Å².